The van der Waals surface area contributed by atoms with Crippen molar-refractivity contribution >= 4 is 33.0 Å². The van der Waals surface area contributed by atoms with Crippen LogP contribution in [0.4, 0.5) is 0 Å². The van der Waals surface area contributed by atoms with Crippen molar-refractivity contribution in [1.82, 2.24) is 0 Å². The van der Waals surface area contributed by atoms with Gasteiger partial charge in [0.15, 0.2) is 0 Å². The standard InChI is InChI=1S/C58H99O3PS/c1-7-13-19-22-25-28-31-37-44-53-54(45-38-32-29-26-23-20-14-8-2)56(47-39-33-30-27-24-21-15-9-3)58(57-48-41-40-46-55(53)57)63(59,60)61-62(49-16-10-4,50-17-11-5,51-18-12-6)52-42-35-34-36-43-52/h34-36,40-43,46,48H,7-33,37-39,44-45,47,49-51H2,1-6H3. The van der Waals surface area contributed by atoms with Crippen LogP contribution < -0.4 is 5.30 Å². The Bertz CT molecular complexity index is 1710. The van der Waals surface area contributed by atoms with E-state index in [1.165, 1.54) is 145 Å². The Morgan fingerprint density at radius 3 is 1.11 bits per heavy atom. The minimum atomic E-state index is -4.20. The summed E-state index contributed by atoms with van der Waals surface area (Å²) in [6.07, 6.45) is 41.8. The van der Waals surface area contributed by atoms with Gasteiger partial charge in [0.25, 0.3) is 0 Å². The zero-order valence-corrected chi connectivity index (χ0v) is 43.9. The fourth-order valence-electron chi connectivity index (χ4n) is 10.6. The van der Waals surface area contributed by atoms with Crippen LogP contribution in [-0.2, 0) is 33.4 Å². The van der Waals surface area contributed by atoms with Crippen molar-refractivity contribution in [3.05, 3.63) is 71.3 Å². The van der Waals surface area contributed by atoms with Crippen LogP contribution in [0, 0.1) is 0 Å². The van der Waals surface area contributed by atoms with Gasteiger partial charge in [0, 0.05) is 0 Å². The molecule has 0 N–H and O–H groups in total. The van der Waals surface area contributed by atoms with Crippen LogP contribution in [0.5, 0.6) is 0 Å². The molecule has 63 heavy (non-hydrogen) atoms. The third-order valence-corrected chi connectivity index (χ3v) is 23.4. The summed E-state index contributed by atoms with van der Waals surface area (Å²) in [6.45, 7) is 10.1. The molecule has 3 nitrogen and oxygen atoms in total. The van der Waals surface area contributed by atoms with Gasteiger partial charge in [-0.25, -0.2) is 0 Å². The summed E-state index contributed by atoms with van der Waals surface area (Å²) in [5.74, 6) is 0. The normalized spacial score (nSPS) is 12.9. The molecule has 0 atom stereocenters. The average Bonchev–Trinajstić information content (AvgIpc) is 3.30. The van der Waals surface area contributed by atoms with Gasteiger partial charge in [-0.05, 0) is 0 Å². The minimum Gasteiger partial charge on any atom is -0.0654 e. The number of unbranched alkanes of at least 4 members (excludes halogenated alkanes) is 24. The maximum absolute atomic E-state index is 16.2. The summed E-state index contributed by atoms with van der Waals surface area (Å²) < 4.78 is 39.9. The number of fused-ring (bicyclic) bond motifs is 1. The topological polar surface area (TPSA) is 43.4 Å². The predicted molar refractivity (Wildman–Crippen MR) is 283 cm³/mol. The van der Waals surface area contributed by atoms with Crippen molar-refractivity contribution in [2.75, 3.05) is 18.5 Å². The third-order valence-electron chi connectivity index (χ3n) is 14.4. The molecule has 0 bridgehead atoms. The molecule has 3 rings (SSSR count). The summed E-state index contributed by atoms with van der Waals surface area (Å²) in [4.78, 5) is 0.532. The number of rotatable bonds is 40. The van der Waals surface area contributed by atoms with E-state index in [4.69, 9.17) is 3.97 Å². The van der Waals surface area contributed by atoms with Gasteiger partial charge in [-0.2, -0.15) is 0 Å². The van der Waals surface area contributed by atoms with E-state index in [2.05, 4.69) is 96.1 Å². The number of benzene rings is 3. The van der Waals surface area contributed by atoms with E-state index in [-0.39, 0.29) is 0 Å². The fraction of sp³-hybridized carbons (Fsp3) is 0.724. The van der Waals surface area contributed by atoms with Crippen LogP contribution in [0.25, 0.3) is 10.8 Å². The molecule has 3 aromatic carbocycles. The molecule has 0 fully saturated rings. The second-order valence-electron chi connectivity index (χ2n) is 19.7. The van der Waals surface area contributed by atoms with E-state index in [1.54, 1.807) is 0 Å². The molecule has 0 saturated carbocycles. The van der Waals surface area contributed by atoms with Crippen molar-refractivity contribution in [2.45, 2.75) is 258 Å². The summed E-state index contributed by atoms with van der Waals surface area (Å²) in [6, 6.07) is 19.4. The van der Waals surface area contributed by atoms with Gasteiger partial charge in [0.1, 0.15) is 0 Å². The molecule has 360 valence electrons. The Hall–Kier alpha value is -1.74. The van der Waals surface area contributed by atoms with Crippen LogP contribution in [0.1, 0.15) is 251 Å². The van der Waals surface area contributed by atoms with E-state index in [1.807, 2.05) is 0 Å². The van der Waals surface area contributed by atoms with Gasteiger partial charge >= 0.3 is 334 Å². The molecule has 0 radical (unpaired) electrons. The monoisotopic (exact) mass is 907 g/mol. The summed E-state index contributed by atoms with van der Waals surface area (Å²) >= 11 is 0. The van der Waals surface area contributed by atoms with Crippen molar-refractivity contribution < 1.29 is 12.4 Å². The first-order valence-electron chi connectivity index (χ1n) is 27.4. The van der Waals surface area contributed by atoms with Crippen molar-refractivity contribution in [2.24, 2.45) is 0 Å². The van der Waals surface area contributed by atoms with Gasteiger partial charge in [-0.1, -0.05) is 59.3 Å². The summed E-state index contributed by atoms with van der Waals surface area (Å²) in [5, 5.41) is 3.24. The molecule has 0 aliphatic heterocycles. The van der Waals surface area contributed by atoms with Crippen molar-refractivity contribution in [3.63, 3.8) is 0 Å². The Labute approximate surface area is 391 Å². The Kier molecular flexibility index (Phi) is 28.3. The Morgan fingerprint density at radius 2 is 0.698 bits per heavy atom. The van der Waals surface area contributed by atoms with Gasteiger partial charge in [-0.15, -0.1) is 0 Å². The van der Waals surface area contributed by atoms with Crippen molar-refractivity contribution in [3.8, 4) is 0 Å². The minimum absolute atomic E-state index is 0.532. The second kappa shape index (κ2) is 32.0. The molecule has 0 amide bonds. The van der Waals surface area contributed by atoms with Crippen LogP contribution >= 0.6 is 6.83 Å². The number of hydrogen-bond acceptors (Lipinski definition) is 3. The predicted octanol–water partition coefficient (Wildman–Crippen LogP) is 18.8. The van der Waals surface area contributed by atoms with Crippen LogP contribution in [0.3, 0.4) is 0 Å². The third kappa shape index (κ3) is 18.1. The van der Waals surface area contributed by atoms with Crippen LogP contribution in [0.2, 0.25) is 0 Å². The smallest absolute Gasteiger partial charge is 0.0654 e. The van der Waals surface area contributed by atoms with E-state index in [9.17, 15) is 0 Å². The quantitative estimate of drug-likeness (QED) is 0.0422. The van der Waals surface area contributed by atoms with Crippen molar-refractivity contribution in [1.29, 1.82) is 0 Å². The molecule has 0 aliphatic carbocycles. The molecule has 0 aromatic heterocycles. The average molecular weight is 907 g/mol. The van der Waals surface area contributed by atoms with Crippen LogP contribution in [0.15, 0.2) is 59.5 Å². The van der Waals surface area contributed by atoms with Gasteiger partial charge < -0.3 is 0 Å². The molecule has 3 aromatic rings. The molecular formula is C58H99O3PS. The van der Waals surface area contributed by atoms with Crippen LogP contribution in [-0.4, -0.2) is 26.9 Å². The maximum atomic E-state index is 16.2. The first-order chi connectivity index (χ1) is 30.8. The fourth-order valence-corrected chi connectivity index (χ4v) is 20.7. The van der Waals surface area contributed by atoms with E-state index in [0.717, 1.165) is 118 Å². The van der Waals surface area contributed by atoms with Gasteiger partial charge in [0.05, 0.1) is 0 Å². The molecule has 0 heterocycles. The Balaban J connectivity index is 2.27. The van der Waals surface area contributed by atoms with E-state index >= 15 is 8.42 Å². The summed E-state index contributed by atoms with van der Waals surface area (Å²) in [5.41, 5.74) is 3.92. The second-order valence-corrected chi connectivity index (χ2v) is 26.7. The van der Waals surface area contributed by atoms with Gasteiger partial charge in [-0.3, -0.25) is 0 Å². The molecule has 0 unspecified atom stereocenters. The zero-order chi connectivity index (χ0) is 45.5. The zero-order valence-electron chi connectivity index (χ0n) is 42.2. The first kappa shape index (κ1) is 55.6. The summed E-state index contributed by atoms with van der Waals surface area (Å²) in [7, 11) is -4.20. The molecule has 0 saturated heterocycles. The van der Waals surface area contributed by atoms with E-state index in [0.29, 0.717) is 4.90 Å². The molecule has 5 heteroatoms. The number of hydrogen-bond donors (Lipinski definition) is 0. The van der Waals surface area contributed by atoms with Gasteiger partial charge in [0.2, 0.25) is 0 Å². The SMILES string of the molecule is CCCCCCCCCCc1c(CCCCCCCCCC)c(S(=O)(=O)OP(CCCC)(CCCC)(CCCC)c2ccccc2)c2ccccc2c1CCCCCCCCCC. The first-order valence-corrected chi connectivity index (χ1v) is 31.5. The van der Waals surface area contributed by atoms with E-state index < -0.39 is 16.9 Å². The number of aryl methyl sites for hydroxylation is 1. The molecule has 0 spiro atoms. The molecular weight excluding hydrogens is 808 g/mol. The molecule has 0 aliphatic rings. The Morgan fingerprint density at radius 1 is 0.365 bits per heavy atom.